The summed E-state index contributed by atoms with van der Waals surface area (Å²) in [4.78, 5) is 4.81. The molecule has 2 atom stereocenters. The van der Waals surface area contributed by atoms with Crippen molar-refractivity contribution in [2.24, 2.45) is 0 Å². The molecule has 2 aliphatic rings. The molecule has 0 amide bonds. The normalized spacial score (nSPS) is 14.7. The number of hydrogen-bond acceptors (Lipinski definition) is 4. The van der Waals surface area contributed by atoms with E-state index in [0.29, 0.717) is 13.2 Å². The molecule has 2 unspecified atom stereocenters. The van der Waals surface area contributed by atoms with Crippen LogP contribution in [0, 0.1) is 27.7 Å². The van der Waals surface area contributed by atoms with E-state index in [2.05, 4.69) is 379 Å². The maximum atomic E-state index is 6.50. The number of hydrogen-bond donors (Lipinski definition) is 0. The summed E-state index contributed by atoms with van der Waals surface area (Å²) in [6.45, 7) is 16.0. The first kappa shape index (κ1) is 62.8. The number of benzene rings is 14. The standard InChI is InChI=1S/C96H78N2O2/c1-7-69-30-34-71(35-31-69)63-99-83-52-42-75(43-53-83)95(89-58-28-65(3)59-68(89)6)90-25-17-15-23-85(90)87-56-50-81(61-93(87)95)97(77-19-11-9-12-20-77)79-46-38-73(39-47-79)74-40-48-80(49-41-74)98(78-21-13-10-14-22-78)82-51-57-88-86-24-16-18-26-91(86)96(94(88)62-82,92-60-66(4)27-29-67(92)5)76-44-54-84(55-45-76)100-64-72-36-32-70(8-2)33-37-72/h7,9-62H,1,8,63-64H2,2-6H3. The molecule has 16 rings (SSSR count). The van der Waals surface area contributed by atoms with E-state index >= 15 is 0 Å². The Morgan fingerprint density at radius 1 is 0.310 bits per heavy atom. The largest absolute Gasteiger partial charge is 0.489 e. The molecule has 0 fully saturated rings. The van der Waals surface area contributed by atoms with Gasteiger partial charge >= 0.3 is 0 Å². The minimum Gasteiger partial charge on any atom is -0.489 e. The van der Waals surface area contributed by atoms with E-state index in [1.165, 1.54) is 94.6 Å². The molecule has 0 saturated carbocycles. The minimum absolute atomic E-state index is 0.471. The molecule has 4 nitrogen and oxygen atoms in total. The summed E-state index contributed by atoms with van der Waals surface area (Å²) in [6.07, 6.45) is 2.88. The Morgan fingerprint density at radius 3 is 1.18 bits per heavy atom. The van der Waals surface area contributed by atoms with Gasteiger partial charge in [-0.05, 0) is 242 Å². The summed E-state index contributed by atoms with van der Waals surface area (Å²) in [5.41, 5.74) is 31.9. The van der Waals surface area contributed by atoms with Crippen LogP contribution in [0.4, 0.5) is 34.1 Å². The van der Waals surface area contributed by atoms with Crippen molar-refractivity contribution in [3.05, 3.63) is 423 Å². The Hall–Kier alpha value is -12.0. The predicted octanol–water partition coefficient (Wildman–Crippen LogP) is 24.6. The van der Waals surface area contributed by atoms with Crippen molar-refractivity contribution in [3.63, 3.8) is 0 Å². The molecule has 0 heterocycles. The zero-order valence-electron chi connectivity index (χ0n) is 57.3. The number of aryl methyl sites for hydroxylation is 5. The van der Waals surface area contributed by atoms with Crippen molar-refractivity contribution >= 4 is 40.2 Å². The number of ether oxygens (including phenoxy) is 2. The third-order valence-corrected chi connectivity index (χ3v) is 20.8. The van der Waals surface area contributed by atoms with Gasteiger partial charge in [-0.15, -0.1) is 0 Å². The van der Waals surface area contributed by atoms with Crippen LogP contribution in [0.1, 0.15) is 95.9 Å². The second-order valence-corrected chi connectivity index (χ2v) is 26.9. The van der Waals surface area contributed by atoms with Gasteiger partial charge in [0.15, 0.2) is 0 Å². The lowest BCUT2D eigenvalue weighted by Gasteiger charge is -2.36. The first-order valence-corrected chi connectivity index (χ1v) is 34.9. The van der Waals surface area contributed by atoms with Crippen LogP contribution in [-0.2, 0) is 30.5 Å². The van der Waals surface area contributed by atoms with Gasteiger partial charge in [0.2, 0.25) is 0 Å². The van der Waals surface area contributed by atoms with Crippen LogP contribution >= 0.6 is 0 Å². The molecule has 0 aromatic heterocycles. The highest BCUT2D eigenvalue weighted by molar-refractivity contribution is 5.92. The highest BCUT2D eigenvalue weighted by Gasteiger charge is 2.49. The molecule has 100 heavy (non-hydrogen) atoms. The molecule has 14 aromatic carbocycles. The first-order chi connectivity index (χ1) is 49.1. The zero-order chi connectivity index (χ0) is 67.9. The molecule has 0 N–H and O–H groups in total. The Morgan fingerprint density at radius 2 is 0.710 bits per heavy atom. The van der Waals surface area contributed by atoms with Gasteiger partial charge in [-0.25, -0.2) is 0 Å². The van der Waals surface area contributed by atoms with Crippen LogP contribution in [0.2, 0.25) is 0 Å². The van der Waals surface area contributed by atoms with Crippen molar-refractivity contribution < 1.29 is 9.47 Å². The predicted molar refractivity (Wildman–Crippen MR) is 416 cm³/mol. The minimum atomic E-state index is -0.643. The average molecular weight is 1290 g/mol. The van der Waals surface area contributed by atoms with Crippen LogP contribution in [-0.4, -0.2) is 0 Å². The molecule has 0 aliphatic heterocycles. The fourth-order valence-corrected chi connectivity index (χ4v) is 15.9. The van der Waals surface area contributed by atoms with Gasteiger partial charge in [0, 0.05) is 34.1 Å². The zero-order valence-corrected chi connectivity index (χ0v) is 57.3. The summed E-state index contributed by atoms with van der Waals surface area (Å²) < 4.78 is 13.0. The fraction of sp³-hybridized carbons (Fsp3) is 0.104. The SMILES string of the molecule is C=Cc1ccc(COc2ccc(C3(c4ccc(C)cc4C)c4ccccc4-c4ccc(N(c5ccccc5)c5ccc(-c6ccc(N(c7ccccc7)c7ccc8c(c7)C(c7ccc(OCc9ccc(CC)cc9)cc7)(c7cc(C)ccc7C)c7ccccc7-8)cc6)cc5)cc43)cc2)cc1. The lowest BCUT2D eigenvalue weighted by atomic mass is 9.66. The molecule has 0 radical (unpaired) electrons. The Bertz CT molecular complexity index is 5310. The van der Waals surface area contributed by atoms with Crippen molar-refractivity contribution in [2.45, 2.75) is 65.1 Å². The van der Waals surface area contributed by atoms with Gasteiger partial charge < -0.3 is 19.3 Å². The van der Waals surface area contributed by atoms with Gasteiger partial charge in [0.1, 0.15) is 24.7 Å². The van der Waals surface area contributed by atoms with E-state index in [1.807, 2.05) is 6.08 Å². The molecule has 0 bridgehead atoms. The number of para-hydroxylation sites is 2. The maximum Gasteiger partial charge on any atom is 0.119 e. The third-order valence-electron chi connectivity index (χ3n) is 20.8. The smallest absolute Gasteiger partial charge is 0.119 e. The van der Waals surface area contributed by atoms with E-state index in [-0.39, 0.29) is 0 Å². The van der Waals surface area contributed by atoms with E-state index in [4.69, 9.17) is 9.47 Å². The van der Waals surface area contributed by atoms with Crippen LogP contribution in [0.3, 0.4) is 0 Å². The fourth-order valence-electron chi connectivity index (χ4n) is 15.9. The van der Waals surface area contributed by atoms with Crippen LogP contribution in [0.15, 0.2) is 334 Å². The maximum absolute atomic E-state index is 6.50. The molecular weight excluding hydrogens is 1210 g/mol. The van der Waals surface area contributed by atoms with E-state index < -0.39 is 10.8 Å². The molecule has 484 valence electrons. The summed E-state index contributed by atoms with van der Waals surface area (Å²) in [6, 6.07) is 121. The van der Waals surface area contributed by atoms with E-state index in [9.17, 15) is 0 Å². The quantitative estimate of drug-likeness (QED) is 0.0806. The van der Waals surface area contributed by atoms with E-state index in [0.717, 1.165) is 79.9 Å². The Balaban J connectivity index is 0.751. The highest BCUT2D eigenvalue weighted by atomic mass is 16.5. The highest BCUT2D eigenvalue weighted by Crippen LogP contribution is 2.60. The van der Waals surface area contributed by atoms with Crippen LogP contribution in [0.5, 0.6) is 11.5 Å². The van der Waals surface area contributed by atoms with Crippen LogP contribution < -0.4 is 19.3 Å². The molecule has 0 saturated heterocycles. The summed E-state index contributed by atoms with van der Waals surface area (Å²) in [5, 5.41) is 0. The van der Waals surface area contributed by atoms with Crippen LogP contribution in [0.25, 0.3) is 39.5 Å². The second kappa shape index (κ2) is 26.5. The number of nitrogens with zero attached hydrogens (tertiary/aromatic N) is 2. The van der Waals surface area contributed by atoms with Crippen molar-refractivity contribution in [1.82, 2.24) is 0 Å². The summed E-state index contributed by atoms with van der Waals surface area (Å²) in [5.74, 6) is 1.67. The van der Waals surface area contributed by atoms with Gasteiger partial charge in [0.05, 0.1) is 10.8 Å². The van der Waals surface area contributed by atoms with E-state index in [1.54, 1.807) is 0 Å². The number of anilines is 6. The number of fused-ring (bicyclic) bond motifs is 6. The topological polar surface area (TPSA) is 24.9 Å². The van der Waals surface area contributed by atoms with Gasteiger partial charge in [-0.3, -0.25) is 0 Å². The second-order valence-electron chi connectivity index (χ2n) is 26.9. The van der Waals surface area contributed by atoms with Gasteiger partial charge in [-0.1, -0.05) is 261 Å². The average Bonchev–Trinajstić information content (AvgIpc) is 1.53. The Kier molecular flexibility index (Phi) is 16.6. The molecule has 4 heteroatoms. The summed E-state index contributed by atoms with van der Waals surface area (Å²) >= 11 is 0. The van der Waals surface area contributed by atoms with Crippen molar-refractivity contribution in [3.8, 4) is 44.9 Å². The lowest BCUT2D eigenvalue weighted by Crippen LogP contribution is -2.30. The molecule has 0 spiro atoms. The van der Waals surface area contributed by atoms with Crippen molar-refractivity contribution in [2.75, 3.05) is 9.80 Å². The monoisotopic (exact) mass is 1290 g/mol. The molecular formula is C96H78N2O2. The summed E-state index contributed by atoms with van der Waals surface area (Å²) in [7, 11) is 0. The number of rotatable bonds is 19. The molecule has 2 aliphatic carbocycles. The molecule has 14 aromatic rings. The lowest BCUT2D eigenvalue weighted by molar-refractivity contribution is 0.306. The first-order valence-electron chi connectivity index (χ1n) is 34.9. The van der Waals surface area contributed by atoms with Gasteiger partial charge in [-0.2, -0.15) is 0 Å². The Labute approximate surface area is 589 Å². The third kappa shape index (κ3) is 11.2. The van der Waals surface area contributed by atoms with Crippen molar-refractivity contribution in [1.29, 1.82) is 0 Å². The van der Waals surface area contributed by atoms with Gasteiger partial charge in [0.25, 0.3) is 0 Å².